The fourth-order valence-corrected chi connectivity index (χ4v) is 3.30. The Balaban J connectivity index is 2.03. The van der Waals surface area contributed by atoms with Crippen LogP contribution < -0.4 is 5.32 Å². The molecule has 4 rings (SSSR count). The Morgan fingerprint density at radius 1 is 1.05 bits per heavy atom. The minimum absolute atomic E-state index is 0.221. The summed E-state index contributed by atoms with van der Waals surface area (Å²) in [5.41, 5.74) is 5.60. The predicted octanol–water partition coefficient (Wildman–Crippen LogP) is 4.27. The van der Waals surface area contributed by atoms with Gasteiger partial charge in [-0.3, -0.25) is 0 Å². The molecule has 1 aliphatic rings. The molecule has 1 aromatic heterocycles. The molecule has 0 saturated carbocycles. The van der Waals surface area contributed by atoms with Gasteiger partial charge in [0.2, 0.25) is 0 Å². The van der Waals surface area contributed by atoms with Crippen molar-refractivity contribution in [2.75, 3.05) is 6.54 Å². The van der Waals surface area contributed by atoms with Crippen molar-refractivity contribution < 1.29 is 4.39 Å². The van der Waals surface area contributed by atoms with Crippen LogP contribution in [0.2, 0.25) is 5.02 Å². The summed E-state index contributed by atoms with van der Waals surface area (Å²) in [6.07, 6.45) is 0.975. The lowest BCUT2D eigenvalue weighted by molar-refractivity contribution is 0.628. The number of rotatable bonds is 1. The molecule has 0 atom stereocenters. The molecule has 2 aromatic carbocycles. The van der Waals surface area contributed by atoms with Crippen molar-refractivity contribution in [3.05, 3.63) is 58.5 Å². The normalized spacial score (nSPS) is 14.4. The van der Waals surface area contributed by atoms with E-state index >= 15 is 0 Å². The van der Waals surface area contributed by atoms with Crippen LogP contribution in [0, 0.1) is 5.82 Å². The second-order valence-corrected chi connectivity index (χ2v) is 5.77. The Hall–Kier alpha value is -1.84. The highest BCUT2D eigenvalue weighted by atomic mass is 35.5. The van der Waals surface area contributed by atoms with Crippen molar-refractivity contribution in [2.24, 2.45) is 0 Å². The highest BCUT2D eigenvalue weighted by molar-refractivity contribution is 6.35. The van der Waals surface area contributed by atoms with Crippen molar-refractivity contribution >= 4 is 22.5 Å². The molecular formula is C17H14ClFN2. The van der Waals surface area contributed by atoms with Crippen LogP contribution >= 0.6 is 11.6 Å². The summed E-state index contributed by atoms with van der Waals surface area (Å²) >= 11 is 6.35. The summed E-state index contributed by atoms with van der Waals surface area (Å²) in [7, 11) is 0. The maximum absolute atomic E-state index is 13.2. The van der Waals surface area contributed by atoms with Gasteiger partial charge in [-0.05, 0) is 34.9 Å². The SMILES string of the molecule is Fc1ccc(-c2ccc(Cl)c3[nH]c4c(c23)CNCC4)cc1. The summed E-state index contributed by atoms with van der Waals surface area (Å²) < 4.78 is 13.2. The van der Waals surface area contributed by atoms with E-state index in [9.17, 15) is 4.39 Å². The van der Waals surface area contributed by atoms with Crippen molar-refractivity contribution in [2.45, 2.75) is 13.0 Å². The Kier molecular flexibility index (Phi) is 2.98. The van der Waals surface area contributed by atoms with Crippen molar-refractivity contribution in [1.82, 2.24) is 10.3 Å². The molecule has 0 spiro atoms. The van der Waals surface area contributed by atoms with E-state index in [2.05, 4.69) is 10.3 Å². The molecule has 1 aliphatic heterocycles. The molecule has 106 valence electrons. The number of fused-ring (bicyclic) bond motifs is 3. The van der Waals surface area contributed by atoms with E-state index in [0.29, 0.717) is 0 Å². The van der Waals surface area contributed by atoms with Gasteiger partial charge in [-0.2, -0.15) is 0 Å². The van der Waals surface area contributed by atoms with E-state index in [-0.39, 0.29) is 5.82 Å². The number of H-pyrrole nitrogens is 1. The standard InChI is InChI=1S/C17H14ClFN2/c18-14-6-5-12(10-1-3-11(19)4-2-10)16-13-9-20-8-7-15(13)21-17(14)16/h1-6,20-21H,7-9H2. The van der Waals surface area contributed by atoms with Crippen LogP contribution in [0.4, 0.5) is 4.39 Å². The maximum Gasteiger partial charge on any atom is 0.123 e. The van der Waals surface area contributed by atoms with E-state index in [1.54, 1.807) is 0 Å². The van der Waals surface area contributed by atoms with E-state index in [0.717, 1.165) is 46.6 Å². The monoisotopic (exact) mass is 300 g/mol. The lowest BCUT2D eigenvalue weighted by Crippen LogP contribution is -2.22. The van der Waals surface area contributed by atoms with Crippen molar-refractivity contribution in [3.63, 3.8) is 0 Å². The molecule has 0 bridgehead atoms. The van der Waals surface area contributed by atoms with Crippen LogP contribution in [0.25, 0.3) is 22.0 Å². The number of halogens is 2. The largest absolute Gasteiger partial charge is 0.357 e. The number of aromatic amines is 1. The third kappa shape index (κ3) is 2.04. The minimum atomic E-state index is -0.221. The number of hydrogen-bond acceptors (Lipinski definition) is 1. The van der Waals surface area contributed by atoms with E-state index in [1.807, 2.05) is 24.3 Å². The molecule has 4 heteroatoms. The number of benzene rings is 2. The minimum Gasteiger partial charge on any atom is -0.357 e. The van der Waals surface area contributed by atoms with Crippen LogP contribution in [0.1, 0.15) is 11.3 Å². The van der Waals surface area contributed by atoms with Crippen molar-refractivity contribution in [3.8, 4) is 11.1 Å². The zero-order valence-electron chi connectivity index (χ0n) is 11.3. The van der Waals surface area contributed by atoms with Crippen LogP contribution in [0.3, 0.4) is 0 Å². The molecule has 0 fully saturated rings. The zero-order valence-corrected chi connectivity index (χ0v) is 12.1. The van der Waals surface area contributed by atoms with Gasteiger partial charge in [-0.1, -0.05) is 29.8 Å². The van der Waals surface area contributed by atoms with Crippen LogP contribution in [-0.2, 0) is 13.0 Å². The second kappa shape index (κ2) is 4.86. The second-order valence-electron chi connectivity index (χ2n) is 5.36. The molecule has 3 aromatic rings. The average molecular weight is 301 g/mol. The summed E-state index contributed by atoms with van der Waals surface area (Å²) in [5.74, 6) is -0.221. The maximum atomic E-state index is 13.2. The summed E-state index contributed by atoms with van der Waals surface area (Å²) in [6, 6.07) is 10.5. The molecule has 0 aliphatic carbocycles. The number of nitrogens with one attached hydrogen (secondary N) is 2. The fourth-order valence-electron chi connectivity index (χ4n) is 3.10. The molecule has 0 amide bonds. The molecule has 0 radical (unpaired) electrons. The molecule has 2 nitrogen and oxygen atoms in total. The lowest BCUT2D eigenvalue weighted by Gasteiger charge is -2.14. The van der Waals surface area contributed by atoms with Crippen LogP contribution in [0.15, 0.2) is 36.4 Å². The molecule has 2 heterocycles. The van der Waals surface area contributed by atoms with Crippen molar-refractivity contribution in [1.29, 1.82) is 0 Å². The molecule has 21 heavy (non-hydrogen) atoms. The smallest absolute Gasteiger partial charge is 0.123 e. The Labute approximate surface area is 126 Å². The third-order valence-corrected chi connectivity index (χ3v) is 4.42. The van der Waals surface area contributed by atoms with Gasteiger partial charge in [-0.25, -0.2) is 4.39 Å². The van der Waals surface area contributed by atoms with Crippen LogP contribution in [0.5, 0.6) is 0 Å². The first-order valence-electron chi connectivity index (χ1n) is 7.02. The molecule has 0 saturated heterocycles. The Morgan fingerprint density at radius 3 is 2.67 bits per heavy atom. The summed E-state index contributed by atoms with van der Waals surface area (Å²) in [6.45, 7) is 1.81. The van der Waals surface area contributed by atoms with E-state index in [1.165, 1.54) is 23.4 Å². The first-order valence-corrected chi connectivity index (χ1v) is 7.40. The topological polar surface area (TPSA) is 27.8 Å². The highest BCUT2D eigenvalue weighted by Gasteiger charge is 2.19. The van der Waals surface area contributed by atoms with Gasteiger partial charge >= 0.3 is 0 Å². The predicted molar refractivity (Wildman–Crippen MR) is 84.1 cm³/mol. The van der Waals surface area contributed by atoms with Gasteiger partial charge in [0.1, 0.15) is 5.82 Å². The van der Waals surface area contributed by atoms with E-state index in [4.69, 9.17) is 11.6 Å². The zero-order chi connectivity index (χ0) is 14.4. The summed E-state index contributed by atoms with van der Waals surface area (Å²) in [5, 5.41) is 5.28. The van der Waals surface area contributed by atoms with Gasteiger partial charge in [0, 0.05) is 30.6 Å². The third-order valence-electron chi connectivity index (χ3n) is 4.11. The van der Waals surface area contributed by atoms with Gasteiger partial charge in [0.25, 0.3) is 0 Å². The Bertz CT molecular complexity index is 821. The highest BCUT2D eigenvalue weighted by Crippen LogP contribution is 2.37. The number of hydrogen-bond donors (Lipinski definition) is 2. The molecule has 0 unspecified atom stereocenters. The molecular weight excluding hydrogens is 287 g/mol. The molecule has 2 N–H and O–H groups in total. The average Bonchev–Trinajstić information content (AvgIpc) is 2.90. The van der Waals surface area contributed by atoms with Gasteiger partial charge in [0.05, 0.1) is 10.5 Å². The van der Waals surface area contributed by atoms with Gasteiger partial charge < -0.3 is 10.3 Å². The lowest BCUT2D eigenvalue weighted by atomic mass is 9.97. The summed E-state index contributed by atoms with van der Waals surface area (Å²) in [4.78, 5) is 3.46. The fraction of sp³-hybridized carbons (Fsp3) is 0.176. The van der Waals surface area contributed by atoms with Crippen LogP contribution in [-0.4, -0.2) is 11.5 Å². The van der Waals surface area contributed by atoms with Gasteiger partial charge in [-0.15, -0.1) is 0 Å². The quantitative estimate of drug-likeness (QED) is 0.690. The Morgan fingerprint density at radius 2 is 1.86 bits per heavy atom. The van der Waals surface area contributed by atoms with E-state index < -0.39 is 0 Å². The first-order chi connectivity index (χ1) is 10.2. The van der Waals surface area contributed by atoms with Gasteiger partial charge in [0.15, 0.2) is 0 Å². The first kappa shape index (κ1) is 12.9. The number of aromatic nitrogens is 1.